The van der Waals surface area contributed by atoms with Gasteiger partial charge in [0.15, 0.2) is 0 Å². The van der Waals surface area contributed by atoms with E-state index in [4.69, 9.17) is 0 Å². The predicted molar refractivity (Wildman–Crippen MR) is 57.6 cm³/mol. The zero-order valence-corrected chi connectivity index (χ0v) is 8.87. The van der Waals surface area contributed by atoms with Crippen LogP contribution in [0.1, 0.15) is 30.9 Å². The van der Waals surface area contributed by atoms with Gasteiger partial charge in [-0.2, -0.15) is 0 Å². The molecule has 0 bridgehead atoms. The van der Waals surface area contributed by atoms with Crippen molar-refractivity contribution in [3.8, 4) is 0 Å². The van der Waals surface area contributed by atoms with Crippen molar-refractivity contribution in [3.63, 3.8) is 0 Å². The van der Waals surface area contributed by atoms with E-state index in [-0.39, 0.29) is 5.91 Å². The fourth-order valence-electron chi connectivity index (χ4n) is 2.04. The molecule has 0 aromatic heterocycles. The molecule has 1 aromatic rings. The third-order valence-electron chi connectivity index (χ3n) is 2.82. The van der Waals surface area contributed by atoms with Crippen LogP contribution < -0.4 is 4.90 Å². The van der Waals surface area contributed by atoms with Gasteiger partial charge in [-0.25, -0.2) is 0 Å². The second kappa shape index (κ2) is 3.12. The van der Waals surface area contributed by atoms with Crippen molar-refractivity contribution >= 4 is 11.6 Å². The highest BCUT2D eigenvalue weighted by Crippen LogP contribution is 2.35. The van der Waals surface area contributed by atoms with E-state index in [9.17, 15) is 4.79 Å². The van der Waals surface area contributed by atoms with Gasteiger partial charge in [0.25, 0.3) is 0 Å². The van der Waals surface area contributed by atoms with Gasteiger partial charge in [-0.05, 0) is 17.0 Å². The molecule has 0 spiro atoms. The lowest BCUT2D eigenvalue weighted by Crippen LogP contribution is -2.21. The highest BCUT2D eigenvalue weighted by Gasteiger charge is 2.26. The summed E-state index contributed by atoms with van der Waals surface area (Å²) >= 11 is 0. The van der Waals surface area contributed by atoms with E-state index in [0.29, 0.717) is 12.3 Å². The van der Waals surface area contributed by atoms with Crippen LogP contribution in [-0.4, -0.2) is 13.0 Å². The Hall–Kier alpha value is -1.31. The van der Waals surface area contributed by atoms with Gasteiger partial charge in [0, 0.05) is 7.05 Å². The zero-order valence-electron chi connectivity index (χ0n) is 8.87. The van der Waals surface area contributed by atoms with E-state index < -0.39 is 0 Å². The van der Waals surface area contributed by atoms with Crippen LogP contribution in [0.25, 0.3) is 0 Å². The lowest BCUT2D eigenvalue weighted by molar-refractivity contribution is -0.117. The van der Waals surface area contributed by atoms with Gasteiger partial charge in [-0.3, -0.25) is 4.79 Å². The molecule has 1 aliphatic rings. The minimum absolute atomic E-state index is 0.202. The topological polar surface area (TPSA) is 20.3 Å². The molecule has 0 saturated carbocycles. The number of hydrogen-bond acceptors (Lipinski definition) is 1. The molecule has 1 heterocycles. The molecule has 0 atom stereocenters. The molecule has 0 fully saturated rings. The van der Waals surface area contributed by atoms with E-state index in [1.807, 2.05) is 19.2 Å². The number of para-hydroxylation sites is 1. The molecule has 2 heteroatoms. The number of hydrogen-bond donors (Lipinski definition) is 0. The fourth-order valence-corrected chi connectivity index (χ4v) is 2.04. The molecular weight excluding hydrogens is 174 g/mol. The molecule has 0 unspecified atom stereocenters. The number of nitrogens with zero attached hydrogens (tertiary/aromatic N) is 1. The van der Waals surface area contributed by atoms with Crippen LogP contribution in [0.4, 0.5) is 5.69 Å². The van der Waals surface area contributed by atoms with E-state index in [1.165, 1.54) is 11.1 Å². The molecule has 1 amide bonds. The zero-order chi connectivity index (χ0) is 10.3. The number of anilines is 1. The summed E-state index contributed by atoms with van der Waals surface area (Å²) < 4.78 is 0. The lowest BCUT2D eigenvalue weighted by Gasteiger charge is -2.17. The normalized spacial score (nSPS) is 15.1. The number of fused-ring (bicyclic) bond motifs is 1. The first-order valence-corrected chi connectivity index (χ1v) is 4.99. The maximum absolute atomic E-state index is 11.5. The van der Waals surface area contributed by atoms with Gasteiger partial charge in [0.1, 0.15) is 0 Å². The van der Waals surface area contributed by atoms with Crippen molar-refractivity contribution in [1.82, 2.24) is 0 Å². The summed E-state index contributed by atoms with van der Waals surface area (Å²) in [5.41, 5.74) is 3.58. The Bertz CT molecular complexity index is 382. The molecule has 74 valence electrons. The van der Waals surface area contributed by atoms with Gasteiger partial charge >= 0.3 is 0 Å². The molecule has 0 aliphatic carbocycles. The molecule has 14 heavy (non-hydrogen) atoms. The Kier molecular flexibility index (Phi) is 2.06. The Morgan fingerprint density at radius 1 is 1.36 bits per heavy atom. The molecule has 2 nitrogen and oxygen atoms in total. The summed E-state index contributed by atoms with van der Waals surface area (Å²) in [7, 11) is 1.86. The predicted octanol–water partition coefficient (Wildman–Crippen LogP) is 2.33. The van der Waals surface area contributed by atoms with Crippen molar-refractivity contribution in [2.24, 2.45) is 0 Å². The standard InChI is InChI=1S/C12H15NO/c1-8(2)10-6-4-5-9-7-11(14)13(3)12(9)10/h4-6,8H,7H2,1-3H3. The Labute approximate surface area is 84.5 Å². The van der Waals surface area contributed by atoms with Crippen LogP contribution in [0, 0.1) is 0 Å². The summed E-state index contributed by atoms with van der Waals surface area (Å²) in [5, 5.41) is 0. The highest BCUT2D eigenvalue weighted by molar-refractivity contribution is 6.01. The second-order valence-electron chi connectivity index (χ2n) is 4.14. The molecule has 0 N–H and O–H groups in total. The summed E-state index contributed by atoms with van der Waals surface area (Å²) in [6.45, 7) is 4.32. The Morgan fingerprint density at radius 3 is 2.71 bits per heavy atom. The number of amides is 1. The van der Waals surface area contributed by atoms with Crippen molar-refractivity contribution < 1.29 is 4.79 Å². The van der Waals surface area contributed by atoms with Crippen molar-refractivity contribution in [2.45, 2.75) is 26.2 Å². The van der Waals surface area contributed by atoms with E-state index in [1.54, 1.807) is 4.90 Å². The second-order valence-corrected chi connectivity index (χ2v) is 4.14. The first-order valence-electron chi connectivity index (χ1n) is 4.99. The summed E-state index contributed by atoms with van der Waals surface area (Å²) in [6, 6.07) is 6.20. The number of carbonyl (C=O) groups excluding carboxylic acids is 1. The largest absolute Gasteiger partial charge is 0.315 e. The van der Waals surface area contributed by atoms with Gasteiger partial charge in [0.2, 0.25) is 5.91 Å². The summed E-state index contributed by atoms with van der Waals surface area (Å²) in [4.78, 5) is 13.3. The molecular formula is C12H15NO. The number of carbonyl (C=O) groups is 1. The van der Waals surface area contributed by atoms with Gasteiger partial charge < -0.3 is 4.90 Å². The summed E-state index contributed by atoms with van der Waals surface area (Å²) in [6.07, 6.45) is 0.562. The number of rotatable bonds is 1. The highest BCUT2D eigenvalue weighted by atomic mass is 16.2. The minimum atomic E-state index is 0.202. The van der Waals surface area contributed by atoms with E-state index in [0.717, 1.165) is 5.69 Å². The van der Waals surface area contributed by atoms with E-state index in [2.05, 4.69) is 19.9 Å². The number of likely N-dealkylation sites (N-methyl/N-ethyl adjacent to an activating group) is 1. The smallest absolute Gasteiger partial charge is 0.231 e. The van der Waals surface area contributed by atoms with Crippen molar-refractivity contribution in [3.05, 3.63) is 29.3 Å². The number of benzene rings is 1. The van der Waals surface area contributed by atoms with Crippen LogP contribution in [0.3, 0.4) is 0 Å². The van der Waals surface area contributed by atoms with Gasteiger partial charge in [-0.1, -0.05) is 32.0 Å². The first kappa shape index (κ1) is 9.25. The van der Waals surface area contributed by atoms with Crippen LogP contribution in [0.5, 0.6) is 0 Å². The van der Waals surface area contributed by atoms with Crippen molar-refractivity contribution in [2.75, 3.05) is 11.9 Å². The fraction of sp³-hybridized carbons (Fsp3) is 0.417. The molecule has 2 rings (SSSR count). The van der Waals surface area contributed by atoms with Crippen LogP contribution >= 0.6 is 0 Å². The third kappa shape index (κ3) is 1.22. The van der Waals surface area contributed by atoms with E-state index >= 15 is 0 Å². The van der Waals surface area contributed by atoms with Gasteiger partial charge in [0.05, 0.1) is 12.1 Å². The van der Waals surface area contributed by atoms with Gasteiger partial charge in [-0.15, -0.1) is 0 Å². The minimum Gasteiger partial charge on any atom is -0.315 e. The average Bonchev–Trinajstić information content (AvgIpc) is 2.43. The third-order valence-corrected chi connectivity index (χ3v) is 2.82. The Morgan fingerprint density at radius 2 is 2.07 bits per heavy atom. The van der Waals surface area contributed by atoms with Crippen molar-refractivity contribution in [1.29, 1.82) is 0 Å². The molecule has 0 radical (unpaired) electrons. The molecule has 1 aliphatic heterocycles. The van der Waals surface area contributed by atoms with Crippen LogP contribution in [-0.2, 0) is 11.2 Å². The maximum atomic E-state index is 11.5. The Balaban J connectivity index is 2.58. The summed E-state index contributed by atoms with van der Waals surface area (Å²) in [5.74, 6) is 0.673. The molecule has 0 saturated heterocycles. The SMILES string of the molecule is CC(C)c1cccc2c1N(C)C(=O)C2. The maximum Gasteiger partial charge on any atom is 0.231 e. The van der Waals surface area contributed by atoms with Crippen LogP contribution in [0.15, 0.2) is 18.2 Å². The first-order chi connectivity index (χ1) is 6.61. The monoisotopic (exact) mass is 189 g/mol. The lowest BCUT2D eigenvalue weighted by atomic mass is 9.98. The average molecular weight is 189 g/mol. The van der Waals surface area contributed by atoms with Crippen LogP contribution in [0.2, 0.25) is 0 Å². The quantitative estimate of drug-likeness (QED) is 0.664. The molecule has 1 aromatic carbocycles.